The Morgan fingerprint density at radius 1 is 1.12 bits per heavy atom. The summed E-state index contributed by atoms with van der Waals surface area (Å²) in [6, 6.07) is 11.8. The molecule has 0 aliphatic carbocycles. The van der Waals surface area contributed by atoms with Crippen molar-refractivity contribution in [3.8, 4) is 0 Å². The number of amides is 1. The molecule has 1 amide bonds. The van der Waals surface area contributed by atoms with Crippen molar-refractivity contribution in [3.05, 3.63) is 36.4 Å². The minimum Gasteiger partial charge on any atom is -0.352 e. The second-order valence-corrected chi connectivity index (χ2v) is 9.35. The SMILES string of the molecule is O=C(CN1c2cccc3cccc(c23)S1(=O)=O)NC1CC2CCC(C1)N2. The smallest absolute Gasteiger partial charge is 0.265 e. The molecule has 0 saturated carbocycles. The van der Waals surface area contributed by atoms with Crippen molar-refractivity contribution >= 4 is 32.4 Å². The summed E-state index contributed by atoms with van der Waals surface area (Å²) in [6.45, 7) is -0.171. The van der Waals surface area contributed by atoms with E-state index in [9.17, 15) is 13.2 Å². The van der Waals surface area contributed by atoms with Crippen LogP contribution >= 0.6 is 0 Å². The predicted molar refractivity (Wildman–Crippen MR) is 99.6 cm³/mol. The van der Waals surface area contributed by atoms with Crippen molar-refractivity contribution in [1.82, 2.24) is 10.6 Å². The average Bonchev–Trinajstić information content (AvgIpc) is 3.06. The third-order valence-corrected chi connectivity index (χ3v) is 7.61. The predicted octanol–water partition coefficient (Wildman–Crippen LogP) is 1.75. The van der Waals surface area contributed by atoms with Gasteiger partial charge in [-0.05, 0) is 43.2 Å². The van der Waals surface area contributed by atoms with Gasteiger partial charge in [0.05, 0.1) is 10.6 Å². The summed E-state index contributed by atoms with van der Waals surface area (Å²) in [6.07, 6.45) is 4.17. The van der Waals surface area contributed by atoms with Crippen LogP contribution in [0.2, 0.25) is 0 Å². The standard InChI is InChI=1S/C19H21N3O3S/c23-18(21-15-9-13-7-8-14(10-15)20-13)11-22-16-5-1-3-12-4-2-6-17(19(12)16)26(22,24)25/h1-6,13-15,20H,7-11H2,(H,21,23). The first-order valence-electron chi connectivity index (χ1n) is 9.12. The van der Waals surface area contributed by atoms with E-state index in [1.165, 1.54) is 4.31 Å². The molecule has 5 rings (SSSR count). The van der Waals surface area contributed by atoms with Crippen LogP contribution in [-0.4, -0.2) is 39.0 Å². The fourth-order valence-corrected chi connectivity index (χ4v) is 6.37. The Balaban J connectivity index is 1.39. The number of hydrogen-bond donors (Lipinski definition) is 2. The van der Waals surface area contributed by atoms with Gasteiger partial charge in [-0.25, -0.2) is 8.42 Å². The number of nitrogens with one attached hydrogen (secondary N) is 2. The Kier molecular flexibility index (Phi) is 3.52. The van der Waals surface area contributed by atoms with Crippen LogP contribution in [0.1, 0.15) is 25.7 Å². The molecule has 3 aliphatic heterocycles. The van der Waals surface area contributed by atoms with Gasteiger partial charge in [0.25, 0.3) is 10.0 Å². The monoisotopic (exact) mass is 371 g/mol. The Bertz CT molecular complexity index is 987. The van der Waals surface area contributed by atoms with Crippen LogP contribution < -0.4 is 14.9 Å². The lowest BCUT2D eigenvalue weighted by molar-refractivity contribution is -0.120. The van der Waals surface area contributed by atoms with Gasteiger partial charge in [-0.2, -0.15) is 0 Å². The normalized spacial score (nSPS) is 28.5. The van der Waals surface area contributed by atoms with Crippen LogP contribution in [-0.2, 0) is 14.8 Å². The van der Waals surface area contributed by atoms with Gasteiger partial charge in [0, 0.05) is 23.5 Å². The summed E-state index contributed by atoms with van der Waals surface area (Å²) in [5, 5.41) is 8.19. The van der Waals surface area contributed by atoms with E-state index >= 15 is 0 Å². The fourth-order valence-electron chi connectivity index (χ4n) is 4.71. The topological polar surface area (TPSA) is 78.5 Å². The van der Waals surface area contributed by atoms with Crippen LogP contribution in [0.3, 0.4) is 0 Å². The first-order chi connectivity index (χ1) is 12.5. The van der Waals surface area contributed by atoms with E-state index in [1.54, 1.807) is 18.2 Å². The van der Waals surface area contributed by atoms with E-state index in [2.05, 4.69) is 10.6 Å². The largest absolute Gasteiger partial charge is 0.352 e. The van der Waals surface area contributed by atoms with E-state index in [1.807, 2.05) is 18.2 Å². The minimum absolute atomic E-state index is 0.129. The molecular weight excluding hydrogens is 350 g/mol. The molecule has 2 saturated heterocycles. The first-order valence-corrected chi connectivity index (χ1v) is 10.6. The second-order valence-electron chi connectivity index (χ2n) is 7.52. The van der Waals surface area contributed by atoms with Crippen LogP contribution in [0.4, 0.5) is 5.69 Å². The van der Waals surface area contributed by atoms with Crippen LogP contribution in [0.5, 0.6) is 0 Å². The summed E-state index contributed by atoms with van der Waals surface area (Å²) in [4.78, 5) is 12.9. The lowest BCUT2D eigenvalue weighted by Gasteiger charge is -2.30. The molecule has 6 nitrogen and oxygen atoms in total. The molecule has 2 unspecified atom stereocenters. The highest BCUT2D eigenvalue weighted by molar-refractivity contribution is 7.93. The number of anilines is 1. The molecule has 0 spiro atoms. The average molecular weight is 371 g/mol. The van der Waals surface area contributed by atoms with Gasteiger partial charge >= 0.3 is 0 Å². The van der Waals surface area contributed by atoms with E-state index in [4.69, 9.17) is 0 Å². The number of piperidine rings is 1. The van der Waals surface area contributed by atoms with Crippen molar-refractivity contribution < 1.29 is 13.2 Å². The zero-order valence-corrected chi connectivity index (χ0v) is 15.1. The van der Waals surface area contributed by atoms with Gasteiger partial charge in [0.2, 0.25) is 5.91 Å². The summed E-state index contributed by atoms with van der Waals surface area (Å²) in [5.74, 6) is -0.232. The quantitative estimate of drug-likeness (QED) is 0.862. The molecule has 0 radical (unpaired) electrons. The lowest BCUT2D eigenvalue weighted by Crippen LogP contribution is -2.50. The number of hydrogen-bond acceptors (Lipinski definition) is 4. The molecule has 3 heterocycles. The third-order valence-electron chi connectivity index (χ3n) is 5.81. The van der Waals surface area contributed by atoms with Crippen molar-refractivity contribution in [1.29, 1.82) is 0 Å². The van der Waals surface area contributed by atoms with Gasteiger partial charge in [0.15, 0.2) is 0 Å². The fraction of sp³-hybridized carbons (Fsp3) is 0.421. The maximum atomic E-state index is 12.9. The first kappa shape index (κ1) is 16.1. The molecule has 2 fully saturated rings. The summed E-state index contributed by atoms with van der Waals surface area (Å²) in [5.41, 5.74) is 0.596. The number of fused-ring (bicyclic) bond motifs is 2. The molecule has 2 bridgehead atoms. The molecule has 2 aromatic rings. The van der Waals surface area contributed by atoms with Gasteiger partial charge < -0.3 is 10.6 Å². The highest BCUT2D eigenvalue weighted by Gasteiger charge is 2.38. The van der Waals surface area contributed by atoms with Crippen molar-refractivity contribution in [2.75, 3.05) is 10.8 Å². The highest BCUT2D eigenvalue weighted by atomic mass is 32.2. The molecule has 2 aromatic carbocycles. The van der Waals surface area contributed by atoms with Gasteiger partial charge in [-0.15, -0.1) is 0 Å². The van der Waals surface area contributed by atoms with Gasteiger partial charge in [-0.1, -0.05) is 24.3 Å². The Morgan fingerprint density at radius 2 is 1.81 bits per heavy atom. The summed E-state index contributed by atoms with van der Waals surface area (Å²) >= 11 is 0. The lowest BCUT2D eigenvalue weighted by atomic mass is 10.00. The molecule has 2 N–H and O–H groups in total. The maximum Gasteiger partial charge on any atom is 0.265 e. The minimum atomic E-state index is -3.68. The zero-order valence-electron chi connectivity index (χ0n) is 14.3. The van der Waals surface area contributed by atoms with Crippen molar-refractivity contribution in [2.24, 2.45) is 0 Å². The molecular formula is C19H21N3O3S. The van der Waals surface area contributed by atoms with Gasteiger partial charge in [0.1, 0.15) is 6.54 Å². The van der Waals surface area contributed by atoms with E-state index in [-0.39, 0.29) is 18.5 Å². The molecule has 3 aliphatic rings. The van der Waals surface area contributed by atoms with Crippen molar-refractivity contribution in [3.63, 3.8) is 0 Å². The second kappa shape index (κ2) is 5.69. The Labute approximate surface area is 152 Å². The molecule has 2 atom stereocenters. The number of benzene rings is 2. The van der Waals surface area contributed by atoms with E-state index in [0.29, 0.717) is 28.1 Å². The Hall–Kier alpha value is -2.12. The van der Waals surface area contributed by atoms with Crippen molar-refractivity contribution in [2.45, 2.75) is 48.7 Å². The number of sulfonamides is 1. The Morgan fingerprint density at radius 3 is 2.54 bits per heavy atom. The van der Waals surface area contributed by atoms with E-state index in [0.717, 1.165) is 31.1 Å². The van der Waals surface area contributed by atoms with E-state index < -0.39 is 10.0 Å². The third kappa shape index (κ3) is 2.41. The van der Waals surface area contributed by atoms with Crippen LogP contribution in [0.25, 0.3) is 10.8 Å². The van der Waals surface area contributed by atoms with Crippen LogP contribution in [0.15, 0.2) is 41.3 Å². The summed E-state index contributed by atoms with van der Waals surface area (Å²) in [7, 11) is -3.68. The number of nitrogens with zero attached hydrogens (tertiary/aromatic N) is 1. The van der Waals surface area contributed by atoms with Crippen LogP contribution in [0, 0.1) is 0 Å². The number of rotatable bonds is 3. The molecule has 136 valence electrons. The summed E-state index contributed by atoms with van der Waals surface area (Å²) < 4.78 is 27.1. The zero-order chi connectivity index (χ0) is 17.9. The number of carbonyl (C=O) groups is 1. The number of carbonyl (C=O) groups excluding carboxylic acids is 1. The maximum absolute atomic E-state index is 12.9. The van der Waals surface area contributed by atoms with Gasteiger partial charge in [-0.3, -0.25) is 9.10 Å². The molecule has 26 heavy (non-hydrogen) atoms. The molecule has 7 heteroatoms. The molecule has 0 aromatic heterocycles. The highest BCUT2D eigenvalue weighted by Crippen LogP contribution is 2.41.